The van der Waals surface area contributed by atoms with Crippen molar-refractivity contribution in [3.05, 3.63) is 63.6 Å². The van der Waals surface area contributed by atoms with Gasteiger partial charge in [-0.15, -0.1) is 0 Å². The number of para-hydroxylation sites is 1. The van der Waals surface area contributed by atoms with Gasteiger partial charge in [-0.1, -0.05) is 29.8 Å². The number of ether oxygens (including phenoxy) is 1. The van der Waals surface area contributed by atoms with Crippen LogP contribution in [-0.2, 0) is 20.3 Å². The third kappa shape index (κ3) is 4.05. The van der Waals surface area contributed by atoms with Crippen LogP contribution in [0.1, 0.15) is 5.56 Å². The van der Waals surface area contributed by atoms with Crippen LogP contribution in [0.15, 0.2) is 42.5 Å². The molecule has 0 N–H and O–H groups in total. The van der Waals surface area contributed by atoms with E-state index in [0.29, 0.717) is 34.4 Å². The number of halogens is 2. The molecule has 3 rings (SSSR count). The highest BCUT2D eigenvalue weighted by Gasteiger charge is 2.16. The number of rotatable bonds is 6. The van der Waals surface area contributed by atoms with Gasteiger partial charge >= 0.3 is 0 Å². The molecule has 0 aliphatic heterocycles. The molecule has 0 aliphatic carbocycles. The molecule has 1 aromatic heterocycles. The van der Waals surface area contributed by atoms with Crippen LogP contribution in [0.25, 0.3) is 11.4 Å². The van der Waals surface area contributed by atoms with Gasteiger partial charge in [0.2, 0.25) is 0 Å². The Kier molecular flexibility index (Phi) is 5.94. The summed E-state index contributed by atoms with van der Waals surface area (Å²) in [4.78, 5) is 1.90. The van der Waals surface area contributed by atoms with Crippen LogP contribution in [0, 0.1) is 10.6 Å². The van der Waals surface area contributed by atoms with Crippen LogP contribution < -0.4 is 4.74 Å². The number of hydrogen-bond donors (Lipinski definition) is 0. The summed E-state index contributed by atoms with van der Waals surface area (Å²) in [6.07, 6.45) is 0. The van der Waals surface area contributed by atoms with Crippen LogP contribution in [0.3, 0.4) is 0 Å². The average Bonchev–Trinajstić information content (AvgIpc) is 2.93. The van der Waals surface area contributed by atoms with Crippen molar-refractivity contribution in [1.29, 1.82) is 0 Å². The Balaban J connectivity index is 1.87. The zero-order valence-corrected chi connectivity index (χ0v) is 16.9. The minimum Gasteiger partial charge on any atom is -0.496 e. The van der Waals surface area contributed by atoms with Crippen molar-refractivity contribution >= 4 is 23.8 Å². The van der Waals surface area contributed by atoms with Gasteiger partial charge in [0, 0.05) is 24.2 Å². The van der Waals surface area contributed by atoms with Crippen molar-refractivity contribution in [3.8, 4) is 17.1 Å². The third-order valence-electron chi connectivity index (χ3n) is 4.25. The van der Waals surface area contributed by atoms with Crippen LogP contribution >= 0.6 is 23.8 Å². The SMILES string of the molecule is COc1ccccc1-c1nn(CN(C)Cc2c(F)cccc2Cl)c(=S)n1C. The minimum atomic E-state index is -0.325. The predicted octanol–water partition coefficient (Wildman–Crippen LogP) is 4.51. The molecule has 0 bridgehead atoms. The molecule has 0 amide bonds. The van der Waals surface area contributed by atoms with Gasteiger partial charge in [-0.25, -0.2) is 9.07 Å². The number of benzene rings is 2. The van der Waals surface area contributed by atoms with E-state index in [1.165, 1.54) is 6.07 Å². The maximum atomic E-state index is 14.0. The molecule has 0 fully saturated rings. The molecular weight excluding hydrogens is 387 g/mol. The number of hydrogen-bond acceptors (Lipinski definition) is 4. The summed E-state index contributed by atoms with van der Waals surface area (Å²) in [5.74, 6) is 1.10. The highest BCUT2D eigenvalue weighted by atomic mass is 35.5. The Morgan fingerprint density at radius 3 is 2.67 bits per heavy atom. The zero-order valence-electron chi connectivity index (χ0n) is 15.3. The molecule has 0 unspecified atom stereocenters. The van der Waals surface area contributed by atoms with E-state index in [9.17, 15) is 4.39 Å². The summed E-state index contributed by atoms with van der Waals surface area (Å²) in [5, 5.41) is 5.05. The highest BCUT2D eigenvalue weighted by Crippen LogP contribution is 2.28. The molecule has 1 heterocycles. The number of methoxy groups -OCH3 is 1. The van der Waals surface area contributed by atoms with Crippen molar-refractivity contribution in [2.24, 2.45) is 7.05 Å². The fraction of sp³-hybridized carbons (Fsp3) is 0.263. The topological polar surface area (TPSA) is 35.2 Å². The van der Waals surface area contributed by atoms with E-state index in [1.807, 2.05) is 47.8 Å². The normalized spacial score (nSPS) is 11.2. The van der Waals surface area contributed by atoms with Gasteiger partial charge in [0.05, 0.1) is 19.3 Å². The maximum absolute atomic E-state index is 14.0. The molecule has 8 heteroatoms. The second-order valence-electron chi connectivity index (χ2n) is 6.22. The lowest BCUT2D eigenvalue weighted by Gasteiger charge is -2.17. The monoisotopic (exact) mass is 406 g/mol. The molecule has 0 saturated carbocycles. The lowest BCUT2D eigenvalue weighted by Crippen LogP contribution is -2.23. The first-order valence-corrected chi connectivity index (χ1v) is 9.09. The van der Waals surface area contributed by atoms with Crippen molar-refractivity contribution in [3.63, 3.8) is 0 Å². The first kappa shape index (κ1) is 19.5. The van der Waals surface area contributed by atoms with E-state index in [2.05, 4.69) is 5.10 Å². The van der Waals surface area contributed by atoms with Gasteiger partial charge in [0.15, 0.2) is 10.6 Å². The summed E-state index contributed by atoms with van der Waals surface area (Å²) in [5.41, 5.74) is 1.31. The van der Waals surface area contributed by atoms with E-state index in [4.69, 9.17) is 28.6 Å². The lowest BCUT2D eigenvalue weighted by molar-refractivity contribution is 0.241. The molecule has 0 atom stereocenters. The number of nitrogens with zero attached hydrogens (tertiary/aromatic N) is 4. The Hall–Kier alpha value is -2.22. The fourth-order valence-corrected chi connectivity index (χ4v) is 3.28. The molecule has 0 saturated heterocycles. The molecule has 142 valence electrons. The largest absolute Gasteiger partial charge is 0.496 e. The highest BCUT2D eigenvalue weighted by molar-refractivity contribution is 7.71. The van der Waals surface area contributed by atoms with Gasteiger partial charge in [0.1, 0.15) is 11.6 Å². The summed E-state index contributed by atoms with van der Waals surface area (Å²) in [6.45, 7) is 0.736. The molecular formula is C19H20ClFN4OS. The summed E-state index contributed by atoms with van der Waals surface area (Å²) in [7, 11) is 5.35. The molecule has 5 nitrogen and oxygen atoms in total. The van der Waals surface area contributed by atoms with Gasteiger partial charge in [-0.05, 0) is 43.5 Å². The second kappa shape index (κ2) is 8.21. The molecule has 3 aromatic rings. The van der Waals surface area contributed by atoms with E-state index in [1.54, 1.807) is 23.9 Å². The van der Waals surface area contributed by atoms with E-state index < -0.39 is 0 Å². The first-order chi connectivity index (χ1) is 12.9. The van der Waals surface area contributed by atoms with Crippen LogP contribution in [0.5, 0.6) is 5.75 Å². The number of aromatic nitrogens is 3. The smallest absolute Gasteiger partial charge is 0.199 e. The van der Waals surface area contributed by atoms with Crippen molar-refractivity contribution in [2.75, 3.05) is 14.2 Å². The zero-order chi connectivity index (χ0) is 19.6. The summed E-state index contributed by atoms with van der Waals surface area (Å²) < 4.78 is 23.5. The third-order valence-corrected chi connectivity index (χ3v) is 5.09. The van der Waals surface area contributed by atoms with Gasteiger partial charge < -0.3 is 9.30 Å². The molecule has 27 heavy (non-hydrogen) atoms. The minimum absolute atomic E-state index is 0.325. The van der Waals surface area contributed by atoms with E-state index in [0.717, 1.165) is 11.3 Å². The predicted molar refractivity (Wildman–Crippen MR) is 107 cm³/mol. The second-order valence-corrected chi connectivity index (χ2v) is 6.99. The standard InChI is InChI=1S/C19H20ClFN4OS/c1-23(11-14-15(20)8-6-9-16(14)21)12-25-19(27)24(2)18(22-25)13-7-4-5-10-17(13)26-3/h4-10H,11-12H2,1-3H3. The molecule has 0 radical (unpaired) electrons. The average molecular weight is 407 g/mol. The quantitative estimate of drug-likeness (QED) is 0.564. The Labute approximate surface area is 167 Å². The first-order valence-electron chi connectivity index (χ1n) is 8.31. The molecule has 2 aromatic carbocycles. The van der Waals surface area contributed by atoms with Crippen LogP contribution in [0.4, 0.5) is 4.39 Å². The van der Waals surface area contributed by atoms with Crippen LogP contribution in [-0.4, -0.2) is 33.4 Å². The van der Waals surface area contributed by atoms with Crippen molar-refractivity contribution in [1.82, 2.24) is 19.2 Å². The molecule has 0 spiro atoms. The van der Waals surface area contributed by atoms with Crippen LogP contribution in [0.2, 0.25) is 5.02 Å². The summed E-state index contributed by atoms with van der Waals surface area (Å²) >= 11 is 11.6. The van der Waals surface area contributed by atoms with E-state index >= 15 is 0 Å². The lowest BCUT2D eigenvalue weighted by atomic mass is 10.2. The Bertz CT molecular complexity index is 997. The van der Waals surface area contributed by atoms with Crippen molar-refractivity contribution in [2.45, 2.75) is 13.2 Å². The maximum Gasteiger partial charge on any atom is 0.199 e. The fourth-order valence-electron chi connectivity index (χ4n) is 2.88. The van der Waals surface area contributed by atoms with Gasteiger partial charge in [-0.3, -0.25) is 4.90 Å². The van der Waals surface area contributed by atoms with Crippen molar-refractivity contribution < 1.29 is 9.13 Å². The van der Waals surface area contributed by atoms with Gasteiger partial charge in [-0.2, -0.15) is 5.10 Å². The Morgan fingerprint density at radius 1 is 1.22 bits per heavy atom. The van der Waals surface area contributed by atoms with E-state index in [-0.39, 0.29) is 5.82 Å². The summed E-state index contributed by atoms with van der Waals surface area (Å²) in [6, 6.07) is 12.3. The van der Waals surface area contributed by atoms with Gasteiger partial charge in [0.25, 0.3) is 0 Å². The molecule has 0 aliphatic rings. The Morgan fingerprint density at radius 2 is 1.96 bits per heavy atom.